The van der Waals surface area contributed by atoms with E-state index in [1.54, 1.807) is 25.3 Å². The lowest BCUT2D eigenvalue weighted by atomic mass is 10.0. The van der Waals surface area contributed by atoms with Crippen molar-refractivity contribution in [3.8, 4) is 17.0 Å². The van der Waals surface area contributed by atoms with Gasteiger partial charge >= 0.3 is 0 Å². The molecule has 5 heteroatoms. The van der Waals surface area contributed by atoms with Crippen molar-refractivity contribution in [2.45, 2.75) is 6.92 Å². The zero-order valence-electron chi connectivity index (χ0n) is 10.5. The molecule has 0 spiro atoms. The van der Waals surface area contributed by atoms with E-state index in [0.717, 1.165) is 0 Å². The predicted molar refractivity (Wildman–Crippen MR) is 68.7 cm³/mol. The van der Waals surface area contributed by atoms with E-state index in [-0.39, 0.29) is 11.3 Å². The summed E-state index contributed by atoms with van der Waals surface area (Å²) >= 11 is 0. The normalized spacial score (nSPS) is 9.84. The lowest BCUT2D eigenvalue weighted by molar-refractivity contribution is 0.399. The molecule has 0 bridgehead atoms. The Morgan fingerprint density at radius 2 is 2.11 bits per heavy atom. The first-order valence-electron chi connectivity index (χ1n) is 5.55. The van der Waals surface area contributed by atoms with Gasteiger partial charge in [-0.2, -0.15) is 4.99 Å². The number of carbonyl (C=O) groups excluding carboxylic acids is 1. The van der Waals surface area contributed by atoms with Gasteiger partial charge in [-0.25, -0.2) is 14.2 Å². The van der Waals surface area contributed by atoms with Crippen molar-refractivity contribution in [2.75, 3.05) is 7.11 Å². The van der Waals surface area contributed by atoms with Gasteiger partial charge in [-0.1, -0.05) is 0 Å². The third-order valence-electron chi connectivity index (χ3n) is 2.78. The van der Waals surface area contributed by atoms with Gasteiger partial charge in [0.05, 0.1) is 12.8 Å². The highest BCUT2D eigenvalue weighted by atomic mass is 19.1. The number of hydrogen-bond acceptors (Lipinski definition) is 4. The molecule has 96 valence electrons. The standard InChI is InChI=1S/C14H11FN2O2/c1-9-12(15)6-5-10(13(9)17-8-18)11-4-3-7-16-14(11)19-2/h3-7H,1-2H3. The van der Waals surface area contributed by atoms with Crippen LogP contribution in [-0.4, -0.2) is 18.2 Å². The second kappa shape index (κ2) is 5.42. The number of aromatic nitrogens is 1. The number of methoxy groups -OCH3 is 1. The molecule has 0 unspecified atom stereocenters. The second-order valence-corrected chi connectivity index (χ2v) is 3.83. The number of halogens is 1. The van der Waals surface area contributed by atoms with E-state index in [2.05, 4.69) is 9.98 Å². The van der Waals surface area contributed by atoms with Gasteiger partial charge in [0.15, 0.2) is 0 Å². The van der Waals surface area contributed by atoms with Crippen LogP contribution >= 0.6 is 0 Å². The lowest BCUT2D eigenvalue weighted by Crippen LogP contribution is -1.93. The van der Waals surface area contributed by atoms with Crippen LogP contribution in [0.1, 0.15) is 5.56 Å². The summed E-state index contributed by atoms with van der Waals surface area (Å²) < 4.78 is 18.7. The maximum absolute atomic E-state index is 13.5. The van der Waals surface area contributed by atoms with Gasteiger partial charge in [-0.05, 0) is 31.2 Å². The summed E-state index contributed by atoms with van der Waals surface area (Å²) in [6, 6.07) is 6.35. The third-order valence-corrected chi connectivity index (χ3v) is 2.78. The molecule has 2 aromatic rings. The molecule has 2 rings (SSSR count). The minimum absolute atomic E-state index is 0.237. The fourth-order valence-corrected chi connectivity index (χ4v) is 1.84. The Bertz CT molecular complexity index is 664. The van der Waals surface area contributed by atoms with Crippen molar-refractivity contribution < 1.29 is 13.9 Å². The van der Waals surface area contributed by atoms with Crippen molar-refractivity contribution in [3.05, 3.63) is 41.8 Å². The molecule has 1 heterocycles. The number of benzene rings is 1. The Morgan fingerprint density at radius 3 is 2.79 bits per heavy atom. The molecule has 0 radical (unpaired) electrons. The van der Waals surface area contributed by atoms with Gasteiger partial charge in [0.25, 0.3) is 0 Å². The highest BCUT2D eigenvalue weighted by molar-refractivity contribution is 5.82. The molecule has 0 saturated heterocycles. The van der Waals surface area contributed by atoms with E-state index < -0.39 is 5.82 Å². The number of hydrogen-bond donors (Lipinski definition) is 0. The molecule has 0 atom stereocenters. The molecule has 0 aliphatic heterocycles. The van der Waals surface area contributed by atoms with Crippen LogP contribution in [-0.2, 0) is 4.79 Å². The van der Waals surface area contributed by atoms with Gasteiger partial charge in [-0.15, -0.1) is 0 Å². The number of nitrogens with zero attached hydrogens (tertiary/aromatic N) is 2. The summed E-state index contributed by atoms with van der Waals surface area (Å²) in [5.74, 6) is -0.0449. The first kappa shape index (κ1) is 12.9. The molecule has 0 N–H and O–H groups in total. The quantitative estimate of drug-likeness (QED) is 0.627. The number of pyridine rings is 1. The van der Waals surface area contributed by atoms with Gasteiger partial charge in [0, 0.05) is 22.9 Å². The van der Waals surface area contributed by atoms with E-state index in [0.29, 0.717) is 17.0 Å². The molecular formula is C14H11FN2O2. The first-order valence-corrected chi connectivity index (χ1v) is 5.55. The molecule has 19 heavy (non-hydrogen) atoms. The molecule has 0 aliphatic carbocycles. The smallest absolute Gasteiger partial charge is 0.240 e. The molecule has 4 nitrogen and oxygen atoms in total. The molecule has 0 amide bonds. The Hall–Kier alpha value is -2.52. The van der Waals surface area contributed by atoms with E-state index >= 15 is 0 Å². The maximum atomic E-state index is 13.5. The van der Waals surface area contributed by atoms with Crippen LogP contribution in [0.3, 0.4) is 0 Å². The van der Waals surface area contributed by atoms with Crippen molar-refractivity contribution >= 4 is 11.8 Å². The highest BCUT2D eigenvalue weighted by Gasteiger charge is 2.15. The minimum Gasteiger partial charge on any atom is -0.481 e. The van der Waals surface area contributed by atoms with E-state index in [1.807, 2.05) is 0 Å². The Balaban J connectivity index is 2.75. The van der Waals surface area contributed by atoms with Gasteiger partial charge in [0.1, 0.15) is 5.82 Å². The second-order valence-electron chi connectivity index (χ2n) is 3.83. The van der Waals surface area contributed by atoms with E-state index in [9.17, 15) is 9.18 Å². The molecule has 1 aromatic heterocycles. The zero-order chi connectivity index (χ0) is 13.8. The molecule has 0 aliphatic rings. The summed E-state index contributed by atoms with van der Waals surface area (Å²) in [6.45, 7) is 1.55. The van der Waals surface area contributed by atoms with Gasteiger partial charge in [-0.3, -0.25) is 0 Å². The number of isocyanates is 1. The molecular weight excluding hydrogens is 247 g/mol. The van der Waals surface area contributed by atoms with Gasteiger partial charge < -0.3 is 4.74 Å². The van der Waals surface area contributed by atoms with Crippen molar-refractivity contribution in [1.29, 1.82) is 0 Å². The van der Waals surface area contributed by atoms with Crippen molar-refractivity contribution in [1.82, 2.24) is 4.98 Å². The average Bonchev–Trinajstić information content (AvgIpc) is 2.44. The fraction of sp³-hybridized carbons (Fsp3) is 0.143. The number of rotatable bonds is 3. The van der Waals surface area contributed by atoms with Crippen LogP contribution in [0.5, 0.6) is 5.88 Å². The number of ether oxygens (including phenoxy) is 1. The summed E-state index contributed by atoms with van der Waals surface area (Å²) in [6.07, 6.45) is 3.03. The van der Waals surface area contributed by atoms with Gasteiger partial charge in [0.2, 0.25) is 12.0 Å². The highest BCUT2D eigenvalue weighted by Crippen LogP contribution is 2.37. The third kappa shape index (κ3) is 2.37. The summed E-state index contributed by atoms with van der Waals surface area (Å²) in [5, 5.41) is 0. The van der Waals surface area contributed by atoms with Crippen LogP contribution in [0.4, 0.5) is 10.1 Å². The van der Waals surface area contributed by atoms with E-state index in [4.69, 9.17) is 4.74 Å². The summed E-state index contributed by atoms with van der Waals surface area (Å²) in [4.78, 5) is 18.2. The molecule has 0 fully saturated rings. The Labute approximate surface area is 109 Å². The van der Waals surface area contributed by atoms with Crippen LogP contribution in [0.2, 0.25) is 0 Å². The maximum Gasteiger partial charge on any atom is 0.240 e. The fourth-order valence-electron chi connectivity index (χ4n) is 1.84. The van der Waals surface area contributed by atoms with E-state index in [1.165, 1.54) is 25.3 Å². The molecule has 0 saturated carbocycles. The van der Waals surface area contributed by atoms with Crippen LogP contribution in [0.25, 0.3) is 11.1 Å². The topological polar surface area (TPSA) is 51.6 Å². The largest absolute Gasteiger partial charge is 0.481 e. The van der Waals surface area contributed by atoms with Crippen molar-refractivity contribution in [2.24, 2.45) is 4.99 Å². The van der Waals surface area contributed by atoms with Crippen LogP contribution in [0, 0.1) is 12.7 Å². The Morgan fingerprint density at radius 1 is 1.32 bits per heavy atom. The zero-order valence-corrected chi connectivity index (χ0v) is 10.5. The lowest BCUT2D eigenvalue weighted by Gasteiger charge is -2.11. The summed E-state index contributed by atoms with van der Waals surface area (Å²) in [7, 11) is 1.49. The molecule has 1 aromatic carbocycles. The average molecular weight is 258 g/mol. The summed E-state index contributed by atoms with van der Waals surface area (Å²) in [5.41, 5.74) is 1.74. The van der Waals surface area contributed by atoms with Crippen LogP contribution < -0.4 is 4.74 Å². The Kier molecular flexibility index (Phi) is 3.68. The SMILES string of the molecule is COc1ncccc1-c1ccc(F)c(C)c1N=C=O. The minimum atomic E-state index is -0.430. The predicted octanol–water partition coefficient (Wildman–Crippen LogP) is 3.17. The van der Waals surface area contributed by atoms with Crippen LogP contribution in [0.15, 0.2) is 35.5 Å². The monoisotopic (exact) mass is 258 g/mol. The number of aliphatic imine (C=N–C) groups is 1. The first-order chi connectivity index (χ1) is 9.19. The van der Waals surface area contributed by atoms with Crippen molar-refractivity contribution in [3.63, 3.8) is 0 Å².